The monoisotopic (exact) mass is 249 g/mol. The highest BCUT2D eigenvalue weighted by Crippen LogP contribution is 2.39. The molecule has 1 aromatic rings. The number of hydrogen-bond acceptors (Lipinski definition) is 1. The Kier molecular flexibility index (Phi) is 3.13. The van der Waals surface area contributed by atoms with Crippen molar-refractivity contribution in [1.82, 2.24) is 5.32 Å². The van der Waals surface area contributed by atoms with Crippen molar-refractivity contribution in [3.63, 3.8) is 0 Å². The Morgan fingerprint density at radius 2 is 2.06 bits per heavy atom. The molecule has 1 aliphatic rings. The molecule has 1 aliphatic heterocycles. The first kappa shape index (κ1) is 11.7. The molecule has 0 bridgehead atoms. The van der Waals surface area contributed by atoms with Crippen molar-refractivity contribution in [3.8, 4) is 0 Å². The van der Waals surface area contributed by atoms with Gasteiger partial charge in [0.25, 0.3) is 0 Å². The van der Waals surface area contributed by atoms with E-state index in [0.717, 1.165) is 25.5 Å². The number of halogens is 4. The van der Waals surface area contributed by atoms with Crippen molar-refractivity contribution in [3.05, 3.63) is 34.3 Å². The van der Waals surface area contributed by atoms with Gasteiger partial charge in [-0.25, -0.2) is 0 Å². The molecule has 0 saturated carbocycles. The highest BCUT2D eigenvalue weighted by molar-refractivity contribution is 6.32. The van der Waals surface area contributed by atoms with Crippen molar-refractivity contribution in [2.24, 2.45) is 0 Å². The van der Waals surface area contributed by atoms with Crippen LogP contribution in [0.25, 0.3) is 0 Å². The molecule has 5 heteroatoms. The Morgan fingerprint density at radius 1 is 1.31 bits per heavy atom. The SMILES string of the molecule is FC(F)(F)c1cccc([C@H]2CCCN2)c1Cl. The van der Waals surface area contributed by atoms with E-state index in [4.69, 9.17) is 11.6 Å². The summed E-state index contributed by atoms with van der Waals surface area (Å²) in [6, 6.07) is 4.03. The highest BCUT2D eigenvalue weighted by Gasteiger charge is 2.34. The van der Waals surface area contributed by atoms with Crippen LogP contribution in [0.2, 0.25) is 5.02 Å². The number of nitrogens with one attached hydrogen (secondary N) is 1. The normalized spacial score (nSPS) is 21.4. The van der Waals surface area contributed by atoms with E-state index < -0.39 is 11.7 Å². The van der Waals surface area contributed by atoms with E-state index in [-0.39, 0.29) is 11.1 Å². The molecule has 0 spiro atoms. The third-order valence-corrected chi connectivity index (χ3v) is 3.19. The van der Waals surface area contributed by atoms with Gasteiger partial charge in [-0.1, -0.05) is 23.7 Å². The van der Waals surface area contributed by atoms with Gasteiger partial charge < -0.3 is 5.32 Å². The lowest BCUT2D eigenvalue weighted by Gasteiger charge is -2.16. The zero-order chi connectivity index (χ0) is 11.8. The summed E-state index contributed by atoms with van der Waals surface area (Å²) in [6.07, 6.45) is -2.58. The summed E-state index contributed by atoms with van der Waals surface area (Å²) in [7, 11) is 0. The molecule has 1 saturated heterocycles. The molecule has 16 heavy (non-hydrogen) atoms. The fourth-order valence-electron chi connectivity index (χ4n) is 1.99. The van der Waals surface area contributed by atoms with Crippen LogP contribution in [0.15, 0.2) is 18.2 Å². The summed E-state index contributed by atoms with van der Waals surface area (Å²) in [5.74, 6) is 0. The minimum absolute atomic E-state index is 0.0465. The number of benzene rings is 1. The van der Waals surface area contributed by atoms with Crippen molar-refractivity contribution >= 4 is 11.6 Å². The van der Waals surface area contributed by atoms with Gasteiger partial charge in [0, 0.05) is 6.04 Å². The molecular weight excluding hydrogens is 239 g/mol. The Morgan fingerprint density at radius 3 is 2.62 bits per heavy atom. The quantitative estimate of drug-likeness (QED) is 0.799. The molecule has 1 fully saturated rings. The molecule has 88 valence electrons. The lowest BCUT2D eigenvalue weighted by atomic mass is 10.0. The zero-order valence-corrected chi connectivity index (χ0v) is 9.20. The highest BCUT2D eigenvalue weighted by atomic mass is 35.5. The third-order valence-electron chi connectivity index (χ3n) is 2.77. The largest absolute Gasteiger partial charge is 0.417 e. The van der Waals surface area contributed by atoms with Crippen LogP contribution in [-0.2, 0) is 6.18 Å². The Balaban J connectivity index is 2.40. The standard InChI is InChI=1S/C11H11ClF3N/c12-10-7(9-5-2-6-16-9)3-1-4-8(10)11(13,14)15/h1,3-4,9,16H,2,5-6H2/t9-/m1/s1. The summed E-state index contributed by atoms with van der Waals surface area (Å²) < 4.78 is 37.8. The van der Waals surface area contributed by atoms with Crippen LogP contribution in [0.5, 0.6) is 0 Å². The summed E-state index contributed by atoms with van der Waals surface area (Å²) in [4.78, 5) is 0. The second-order valence-electron chi connectivity index (χ2n) is 3.86. The van der Waals surface area contributed by atoms with Gasteiger partial charge in [-0.3, -0.25) is 0 Å². The van der Waals surface area contributed by atoms with Gasteiger partial charge in [-0.15, -0.1) is 0 Å². The van der Waals surface area contributed by atoms with Gasteiger partial charge >= 0.3 is 6.18 Å². The van der Waals surface area contributed by atoms with Gasteiger partial charge in [0.15, 0.2) is 0 Å². The van der Waals surface area contributed by atoms with Crippen molar-refractivity contribution in [2.75, 3.05) is 6.54 Å². The van der Waals surface area contributed by atoms with Crippen LogP contribution in [0.1, 0.15) is 30.0 Å². The van der Waals surface area contributed by atoms with Crippen LogP contribution in [-0.4, -0.2) is 6.54 Å². The van der Waals surface area contributed by atoms with Crippen LogP contribution >= 0.6 is 11.6 Å². The van der Waals surface area contributed by atoms with Gasteiger partial charge in [-0.05, 0) is 31.0 Å². The molecule has 0 radical (unpaired) electrons. The topological polar surface area (TPSA) is 12.0 Å². The van der Waals surface area contributed by atoms with E-state index in [2.05, 4.69) is 5.32 Å². The fraction of sp³-hybridized carbons (Fsp3) is 0.455. The average Bonchev–Trinajstić information content (AvgIpc) is 2.69. The molecule has 0 aliphatic carbocycles. The van der Waals surface area contributed by atoms with Crippen LogP contribution in [0.4, 0.5) is 13.2 Å². The molecular formula is C11H11ClF3N. The second kappa shape index (κ2) is 4.26. The average molecular weight is 250 g/mol. The summed E-state index contributed by atoms with van der Waals surface area (Å²) in [5, 5.41) is 2.97. The van der Waals surface area contributed by atoms with Crippen LogP contribution in [0, 0.1) is 0 Å². The van der Waals surface area contributed by atoms with Crippen LogP contribution in [0.3, 0.4) is 0 Å². The lowest BCUT2D eigenvalue weighted by molar-refractivity contribution is -0.137. The lowest BCUT2D eigenvalue weighted by Crippen LogP contribution is -2.15. The van der Waals surface area contributed by atoms with Gasteiger partial charge in [0.1, 0.15) is 0 Å². The van der Waals surface area contributed by atoms with E-state index in [1.165, 1.54) is 6.07 Å². The first-order valence-corrected chi connectivity index (χ1v) is 5.47. The van der Waals surface area contributed by atoms with E-state index >= 15 is 0 Å². The maximum atomic E-state index is 12.6. The summed E-state index contributed by atoms with van der Waals surface area (Å²) in [5.41, 5.74) is -0.200. The van der Waals surface area contributed by atoms with Crippen molar-refractivity contribution in [2.45, 2.75) is 25.1 Å². The van der Waals surface area contributed by atoms with E-state index in [1.807, 2.05) is 0 Å². The van der Waals surface area contributed by atoms with Gasteiger partial charge in [-0.2, -0.15) is 13.2 Å². The summed E-state index contributed by atoms with van der Waals surface area (Å²) >= 11 is 5.81. The maximum Gasteiger partial charge on any atom is 0.417 e. The Labute approximate surface area is 96.6 Å². The van der Waals surface area contributed by atoms with Gasteiger partial charge in [0.2, 0.25) is 0 Å². The maximum absolute atomic E-state index is 12.6. The Bertz CT molecular complexity index is 383. The van der Waals surface area contributed by atoms with Crippen molar-refractivity contribution in [1.29, 1.82) is 0 Å². The first-order chi connectivity index (χ1) is 7.50. The first-order valence-electron chi connectivity index (χ1n) is 5.09. The molecule has 0 amide bonds. The fourth-order valence-corrected chi connectivity index (χ4v) is 2.35. The minimum atomic E-state index is -4.38. The van der Waals surface area contributed by atoms with E-state index in [9.17, 15) is 13.2 Å². The van der Waals surface area contributed by atoms with E-state index in [0.29, 0.717) is 5.56 Å². The minimum Gasteiger partial charge on any atom is -0.310 e. The third kappa shape index (κ3) is 2.18. The molecule has 1 N–H and O–H groups in total. The Hall–Kier alpha value is -0.740. The molecule has 1 heterocycles. The van der Waals surface area contributed by atoms with Gasteiger partial charge in [0.05, 0.1) is 10.6 Å². The predicted molar refractivity (Wildman–Crippen MR) is 56.4 cm³/mol. The molecule has 1 nitrogen and oxygen atoms in total. The number of alkyl halides is 3. The van der Waals surface area contributed by atoms with E-state index in [1.54, 1.807) is 6.07 Å². The molecule has 1 atom stereocenters. The van der Waals surface area contributed by atoms with Crippen LogP contribution < -0.4 is 5.32 Å². The smallest absolute Gasteiger partial charge is 0.310 e. The van der Waals surface area contributed by atoms with Crippen molar-refractivity contribution < 1.29 is 13.2 Å². The molecule has 2 rings (SSSR count). The predicted octanol–water partition coefficient (Wildman–Crippen LogP) is 3.78. The zero-order valence-electron chi connectivity index (χ0n) is 8.44. The number of rotatable bonds is 1. The number of hydrogen-bond donors (Lipinski definition) is 1. The molecule has 1 aromatic carbocycles. The second-order valence-corrected chi connectivity index (χ2v) is 4.23. The molecule has 0 aromatic heterocycles. The summed E-state index contributed by atoms with van der Waals surface area (Å²) in [6.45, 7) is 0.831. The molecule has 0 unspecified atom stereocenters.